The van der Waals surface area contributed by atoms with Crippen molar-refractivity contribution >= 4 is 17.5 Å². The molecule has 0 aromatic carbocycles. The summed E-state index contributed by atoms with van der Waals surface area (Å²) in [6, 6.07) is 3.12. The fraction of sp³-hybridized carbons (Fsp3) is 0.545. The van der Waals surface area contributed by atoms with Crippen LogP contribution in [0.5, 0.6) is 0 Å². The monoisotopic (exact) mass is 229 g/mol. The van der Waals surface area contributed by atoms with Crippen LogP contribution in [0.15, 0.2) is 16.5 Å². The van der Waals surface area contributed by atoms with Gasteiger partial charge in [-0.2, -0.15) is 0 Å². The van der Waals surface area contributed by atoms with E-state index in [4.69, 9.17) is 16.0 Å². The Hall–Kier alpha value is -0.960. The minimum absolute atomic E-state index is 0.103. The first-order valence-electron chi connectivity index (χ1n) is 4.98. The minimum atomic E-state index is -0.219. The number of furan rings is 1. The van der Waals surface area contributed by atoms with Gasteiger partial charge in [-0.15, -0.1) is 0 Å². The number of nitrogens with one attached hydrogen (secondary N) is 1. The highest BCUT2D eigenvalue weighted by atomic mass is 35.5. The molecule has 0 unspecified atom stereocenters. The van der Waals surface area contributed by atoms with Gasteiger partial charge >= 0.3 is 0 Å². The molecule has 1 aromatic rings. The molecule has 0 bridgehead atoms. The molecule has 84 valence electrons. The van der Waals surface area contributed by atoms with Crippen LogP contribution >= 0.6 is 11.6 Å². The summed E-state index contributed by atoms with van der Waals surface area (Å²) >= 11 is 5.58. The van der Waals surface area contributed by atoms with Crippen molar-refractivity contribution in [2.75, 3.05) is 6.54 Å². The quantitative estimate of drug-likeness (QED) is 0.862. The molecule has 1 N–H and O–H groups in total. The van der Waals surface area contributed by atoms with E-state index in [1.54, 1.807) is 12.1 Å². The Kier molecular flexibility index (Phi) is 3.80. The molecule has 1 heterocycles. The van der Waals surface area contributed by atoms with Crippen LogP contribution < -0.4 is 5.32 Å². The van der Waals surface area contributed by atoms with Gasteiger partial charge in [-0.1, -0.05) is 20.8 Å². The van der Waals surface area contributed by atoms with Crippen molar-refractivity contribution < 1.29 is 9.21 Å². The Morgan fingerprint density at radius 3 is 2.67 bits per heavy atom. The number of carbonyl (C=O) groups is 1. The lowest BCUT2D eigenvalue weighted by molar-refractivity contribution is 0.0908. The molecule has 4 heteroatoms. The molecule has 0 aliphatic heterocycles. The van der Waals surface area contributed by atoms with Gasteiger partial charge in [0.2, 0.25) is 0 Å². The average Bonchev–Trinajstić information content (AvgIpc) is 2.61. The van der Waals surface area contributed by atoms with Crippen molar-refractivity contribution in [3.63, 3.8) is 0 Å². The van der Waals surface area contributed by atoms with Crippen molar-refractivity contribution in [1.82, 2.24) is 5.32 Å². The summed E-state index contributed by atoms with van der Waals surface area (Å²) in [5.74, 6) is 0.0373. The second-order valence-corrected chi connectivity index (χ2v) is 4.68. The van der Waals surface area contributed by atoms with Crippen LogP contribution in [0.3, 0.4) is 0 Å². The number of amides is 1. The maximum atomic E-state index is 11.6. The van der Waals surface area contributed by atoms with Crippen LogP contribution in [0.4, 0.5) is 0 Å². The van der Waals surface area contributed by atoms with Gasteiger partial charge in [-0.25, -0.2) is 0 Å². The normalized spacial score (nSPS) is 11.5. The zero-order valence-corrected chi connectivity index (χ0v) is 10.0. The molecule has 1 rings (SSSR count). The average molecular weight is 230 g/mol. The maximum Gasteiger partial charge on any atom is 0.287 e. The smallest absolute Gasteiger partial charge is 0.287 e. The van der Waals surface area contributed by atoms with E-state index < -0.39 is 0 Å². The first kappa shape index (κ1) is 12.1. The molecular weight excluding hydrogens is 214 g/mol. The van der Waals surface area contributed by atoms with Crippen LogP contribution in [-0.4, -0.2) is 12.5 Å². The highest BCUT2D eigenvalue weighted by molar-refractivity contribution is 6.29. The molecule has 0 aliphatic carbocycles. The van der Waals surface area contributed by atoms with Gasteiger partial charge in [0, 0.05) is 6.54 Å². The first-order valence-corrected chi connectivity index (χ1v) is 5.36. The van der Waals surface area contributed by atoms with Gasteiger partial charge in [0.05, 0.1) is 0 Å². The largest absolute Gasteiger partial charge is 0.440 e. The number of hydrogen-bond acceptors (Lipinski definition) is 2. The molecule has 1 amide bonds. The SMILES string of the molecule is CCC(C)(C)CNC(=O)c1ccc(Cl)o1. The van der Waals surface area contributed by atoms with Crippen LogP contribution in [0.2, 0.25) is 5.22 Å². The molecule has 0 atom stereocenters. The van der Waals surface area contributed by atoms with Crippen LogP contribution in [-0.2, 0) is 0 Å². The second kappa shape index (κ2) is 4.71. The lowest BCUT2D eigenvalue weighted by Gasteiger charge is -2.22. The maximum absolute atomic E-state index is 11.6. The molecule has 0 aliphatic rings. The van der Waals surface area contributed by atoms with Gasteiger partial charge in [0.25, 0.3) is 5.91 Å². The number of hydrogen-bond donors (Lipinski definition) is 1. The Labute approximate surface area is 94.8 Å². The molecule has 0 radical (unpaired) electrons. The molecule has 15 heavy (non-hydrogen) atoms. The third kappa shape index (κ3) is 3.59. The molecule has 3 nitrogen and oxygen atoms in total. The highest BCUT2D eigenvalue weighted by Gasteiger charge is 2.18. The second-order valence-electron chi connectivity index (χ2n) is 4.30. The summed E-state index contributed by atoms with van der Waals surface area (Å²) in [4.78, 5) is 11.6. The zero-order valence-electron chi connectivity index (χ0n) is 9.26. The molecular formula is C11H16ClNO2. The van der Waals surface area contributed by atoms with Gasteiger partial charge in [-0.05, 0) is 35.6 Å². The van der Waals surface area contributed by atoms with Gasteiger partial charge in [-0.3, -0.25) is 4.79 Å². The predicted octanol–water partition coefficient (Wildman–Crippen LogP) is 3.10. The van der Waals surface area contributed by atoms with E-state index in [0.29, 0.717) is 6.54 Å². The predicted molar refractivity (Wildman–Crippen MR) is 60.1 cm³/mol. The van der Waals surface area contributed by atoms with Crippen molar-refractivity contribution in [2.24, 2.45) is 5.41 Å². The Balaban J connectivity index is 2.50. The molecule has 1 aromatic heterocycles. The van der Waals surface area contributed by atoms with E-state index >= 15 is 0 Å². The van der Waals surface area contributed by atoms with Crippen molar-refractivity contribution in [3.8, 4) is 0 Å². The van der Waals surface area contributed by atoms with E-state index in [-0.39, 0.29) is 22.3 Å². The summed E-state index contributed by atoms with van der Waals surface area (Å²) < 4.78 is 5.00. The van der Waals surface area contributed by atoms with Crippen molar-refractivity contribution in [3.05, 3.63) is 23.1 Å². The number of halogens is 1. The van der Waals surface area contributed by atoms with Crippen LogP contribution in [0.25, 0.3) is 0 Å². The third-order valence-corrected chi connectivity index (χ3v) is 2.68. The first-order chi connectivity index (χ1) is 6.94. The molecule has 0 saturated heterocycles. The summed E-state index contributed by atoms with van der Waals surface area (Å²) in [6.07, 6.45) is 1.01. The minimum Gasteiger partial charge on any atom is -0.440 e. The van der Waals surface area contributed by atoms with Gasteiger partial charge in [0.15, 0.2) is 11.0 Å². The van der Waals surface area contributed by atoms with E-state index in [1.807, 2.05) is 0 Å². The topological polar surface area (TPSA) is 42.2 Å². The van der Waals surface area contributed by atoms with E-state index in [9.17, 15) is 4.79 Å². The Morgan fingerprint density at radius 1 is 1.53 bits per heavy atom. The Bertz CT molecular complexity index is 344. The van der Waals surface area contributed by atoms with Gasteiger partial charge < -0.3 is 9.73 Å². The highest BCUT2D eigenvalue weighted by Crippen LogP contribution is 2.18. The summed E-state index contributed by atoms with van der Waals surface area (Å²) in [5.41, 5.74) is 0.103. The van der Waals surface area contributed by atoms with E-state index in [2.05, 4.69) is 26.1 Å². The molecule has 0 spiro atoms. The fourth-order valence-electron chi connectivity index (χ4n) is 0.968. The van der Waals surface area contributed by atoms with E-state index in [0.717, 1.165) is 6.42 Å². The van der Waals surface area contributed by atoms with Crippen molar-refractivity contribution in [2.45, 2.75) is 27.2 Å². The van der Waals surface area contributed by atoms with Crippen LogP contribution in [0, 0.1) is 5.41 Å². The molecule has 0 fully saturated rings. The third-order valence-electron chi connectivity index (χ3n) is 2.48. The summed E-state index contributed by atoms with van der Waals surface area (Å²) in [7, 11) is 0. The number of carbonyl (C=O) groups excluding carboxylic acids is 1. The van der Waals surface area contributed by atoms with Crippen molar-refractivity contribution in [1.29, 1.82) is 0 Å². The van der Waals surface area contributed by atoms with Crippen LogP contribution in [0.1, 0.15) is 37.7 Å². The lowest BCUT2D eigenvalue weighted by Crippen LogP contribution is -2.33. The fourth-order valence-corrected chi connectivity index (χ4v) is 1.11. The zero-order chi connectivity index (χ0) is 11.5. The summed E-state index contributed by atoms with van der Waals surface area (Å²) in [6.45, 7) is 6.92. The molecule has 0 saturated carbocycles. The summed E-state index contributed by atoms with van der Waals surface area (Å²) in [5, 5.41) is 3.04. The number of rotatable bonds is 4. The standard InChI is InChI=1S/C11H16ClNO2/c1-4-11(2,3)7-13-10(14)8-5-6-9(12)15-8/h5-6H,4,7H2,1-3H3,(H,13,14). The Morgan fingerprint density at radius 2 is 2.20 bits per heavy atom. The van der Waals surface area contributed by atoms with E-state index in [1.165, 1.54) is 0 Å². The van der Waals surface area contributed by atoms with Gasteiger partial charge in [0.1, 0.15) is 0 Å². The lowest BCUT2D eigenvalue weighted by atomic mass is 9.90.